The van der Waals surface area contributed by atoms with Gasteiger partial charge >= 0.3 is 6.09 Å². The van der Waals surface area contributed by atoms with Gasteiger partial charge in [0.15, 0.2) is 10.7 Å². The van der Waals surface area contributed by atoms with Gasteiger partial charge in [-0.2, -0.15) is 5.10 Å². The van der Waals surface area contributed by atoms with Crippen molar-refractivity contribution in [2.24, 2.45) is 0 Å². The standard InChI is InChI=1S/C23H26N6O4S/c1-23(2,3)33-22(30)25-14-9-10-15(13-14)29-19-17-11-12-24-20(17)26-21(18(19)27-28-29)34(31,32)16-7-5-4-6-8-16/h4-8,11-12,14-15,28H,9-10,13H2,1-3H3,(H,25,30). The smallest absolute Gasteiger partial charge is 0.407 e. The summed E-state index contributed by atoms with van der Waals surface area (Å²) in [6.45, 7) is 5.47. The van der Waals surface area contributed by atoms with E-state index in [1.165, 1.54) is 12.1 Å². The first kappa shape index (κ1) is 22.3. The summed E-state index contributed by atoms with van der Waals surface area (Å²) in [6, 6.07) is 9.90. The van der Waals surface area contributed by atoms with Crippen LogP contribution in [0.3, 0.4) is 0 Å². The number of pyridine rings is 1. The molecule has 0 radical (unpaired) electrons. The minimum Gasteiger partial charge on any atom is -0.444 e. The van der Waals surface area contributed by atoms with Gasteiger partial charge in [-0.25, -0.2) is 28.4 Å². The monoisotopic (exact) mass is 482 g/mol. The number of hydrogen-bond acceptors (Lipinski definition) is 7. The number of sulfone groups is 1. The van der Waals surface area contributed by atoms with Crippen molar-refractivity contribution in [1.29, 1.82) is 0 Å². The van der Waals surface area contributed by atoms with Crippen LogP contribution < -0.4 is 5.32 Å². The molecule has 1 saturated carbocycles. The van der Waals surface area contributed by atoms with Crippen molar-refractivity contribution < 1.29 is 17.9 Å². The highest BCUT2D eigenvalue weighted by Crippen LogP contribution is 2.36. The fourth-order valence-corrected chi connectivity index (χ4v) is 5.78. The second-order valence-corrected chi connectivity index (χ2v) is 11.4. The fraction of sp³-hybridized carbons (Fsp3) is 0.391. The summed E-state index contributed by atoms with van der Waals surface area (Å²) in [5, 5.41) is 10.9. The van der Waals surface area contributed by atoms with E-state index >= 15 is 0 Å². The van der Waals surface area contributed by atoms with Crippen LogP contribution in [0.4, 0.5) is 4.79 Å². The molecule has 2 unspecified atom stereocenters. The van der Waals surface area contributed by atoms with Gasteiger partial charge in [-0.15, -0.1) is 0 Å². The van der Waals surface area contributed by atoms with Gasteiger partial charge in [0.1, 0.15) is 16.6 Å². The van der Waals surface area contributed by atoms with Gasteiger partial charge in [-0.3, -0.25) is 4.68 Å². The van der Waals surface area contributed by atoms with Crippen LogP contribution in [0, 0.1) is 0 Å². The van der Waals surface area contributed by atoms with E-state index in [1.807, 2.05) is 25.5 Å². The molecule has 2 N–H and O–H groups in total. The number of rotatable bonds is 4. The molecule has 1 aromatic carbocycles. The van der Waals surface area contributed by atoms with Crippen LogP contribution >= 0.6 is 0 Å². The predicted molar refractivity (Wildman–Crippen MR) is 125 cm³/mol. The molecule has 0 saturated heterocycles. The molecule has 10 nitrogen and oxygen atoms in total. The number of aromatic nitrogens is 5. The van der Waals surface area contributed by atoms with E-state index < -0.39 is 21.5 Å². The van der Waals surface area contributed by atoms with Crippen molar-refractivity contribution >= 4 is 38.0 Å². The molecule has 11 heteroatoms. The molecule has 0 bridgehead atoms. The molecule has 2 atom stereocenters. The summed E-state index contributed by atoms with van der Waals surface area (Å²) >= 11 is 0. The van der Waals surface area contributed by atoms with Crippen molar-refractivity contribution in [3.63, 3.8) is 0 Å². The van der Waals surface area contributed by atoms with E-state index in [9.17, 15) is 13.2 Å². The van der Waals surface area contributed by atoms with Crippen LogP contribution in [0.15, 0.2) is 52.5 Å². The van der Waals surface area contributed by atoms with E-state index in [4.69, 9.17) is 4.74 Å². The molecule has 178 valence electrons. The van der Waals surface area contributed by atoms with E-state index in [0.29, 0.717) is 17.6 Å². The number of nitrogens with one attached hydrogen (secondary N) is 2. The highest BCUT2D eigenvalue weighted by Gasteiger charge is 2.32. The number of amides is 1. The topological polar surface area (TPSA) is 132 Å². The maximum absolute atomic E-state index is 13.4. The first-order valence-electron chi connectivity index (χ1n) is 11.1. The van der Waals surface area contributed by atoms with Crippen LogP contribution in [-0.4, -0.2) is 51.1 Å². The van der Waals surface area contributed by atoms with Gasteiger partial charge in [0.05, 0.1) is 10.9 Å². The molecule has 3 aromatic heterocycles. The van der Waals surface area contributed by atoms with Crippen molar-refractivity contribution in [1.82, 2.24) is 30.3 Å². The molecule has 34 heavy (non-hydrogen) atoms. The Balaban J connectivity index is 1.52. The zero-order chi connectivity index (χ0) is 24.1. The second kappa shape index (κ2) is 8.08. The average Bonchev–Trinajstić information content (AvgIpc) is 3.50. The number of fused-ring (bicyclic) bond motifs is 3. The van der Waals surface area contributed by atoms with E-state index in [-0.39, 0.29) is 27.5 Å². The van der Waals surface area contributed by atoms with Gasteiger partial charge in [-0.1, -0.05) is 18.2 Å². The zero-order valence-corrected chi connectivity index (χ0v) is 20.0. The minimum atomic E-state index is -3.91. The molecule has 0 aliphatic heterocycles. The predicted octanol–water partition coefficient (Wildman–Crippen LogP) is 3.76. The number of benzene rings is 1. The largest absolute Gasteiger partial charge is 0.444 e. The lowest BCUT2D eigenvalue weighted by Crippen LogP contribution is -2.38. The molecular formula is C23H26N6O4S. The van der Waals surface area contributed by atoms with E-state index in [2.05, 4.69) is 25.6 Å². The highest BCUT2D eigenvalue weighted by molar-refractivity contribution is 7.91. The Morgan fingerprint density at radius 3 is 2.68 bits per heavy atom. The maximum Gasteiger partial charge on any atom is 0.407 e. The summed E-state index contributed by atoms with van der Waals surface area (Å²) in [5.74, 6) is 0. The molecular weight excluding hydrogens is 456 g/mol. The van der Waals surface area contributed by atoms with Crippen LogP contribution in [-0.2, 0) is 14.6 Å². The Morgan fingerprint density at radius 1 is 1.18 bits per heavy atom. The Labute approximate surface area is 196 Å². The van der Waals surface area contributed by atoms with Crippen molar-refractivity contribution in [2.75, 3.05) is 0 Å². The number of aromatic amines is 1. The second-order valence-electron chi connectivity index (χ2n) is 9.50. The number of alkyl carbamates (subject to hydrolysis) is 1. The third-order valence-electron chi connectivity index (χ3n) is 5.88. The Hall–Kier alpha value is -3.47. The Kier molecular flexibility index (Phi) is 5.31. The number of ether oxygens (including phenoxy) is 1. The fourth-order valence-electron chi connectivity index (χ4n) is 4.44. The normalized spacial score (nSPS) is 19.0. The van der Waals surface area contributed by atoms with Crippen LogP contribution in [0.25, 0.3) is 22.1 Å². The van der Waals surface area contributed by atoms with E-state index in [0.717, 1.165) is 18.2 Å². The molecule has 1 aliphatic carbocycles. The molecule has 4 aromatic rings. The summed E-state index contributed by atoms with van der Waals surface area (Å²) in [7, 11) is -3.91. The van der Waals surface area contributed by atoms with Crippen LogP contribution in [0.5, 0.6) is 0 Å². The van der Waals surface area contributed by atoms with Crippen molar-refractivity contribution in [2.45, 2.75) is 67.6 Å². The summed E-state index contributed by atoms with van der Waals surface area (Å²) < 4.78 is 34.1. The van der Waals surface area contributed by atoms with Gasteiger partial charge in [0.25, 0.3) is 0 Å². The van der Waals surface area contributed by atoms with Gasteiger partial charge in [0.2, 0.25) is 9.84 Å². The molecule has 0 spiro atoms. The summed E-state index contributed by atoms with van der Waals surface area (Å²) in [5.41, 5.74) is 0.687. The Morgan fingerprint density at radius 2 is 1.94 bits per heavy atom. The number of H-pyrrole nitrogens is 1. The number of hydrogen-bond donors (Lipinski definition) is 2. The number of carbonyl (C=O) groups is 1. The minimum absolute atomic E-state index is 0.0160. The van der Waals surface area contributed by atoms with Gasteiger partial charge in [0, 0.05) is 17.6 Å². The summed E-state index contributed by atoms with van der Waals surface area (Å²) in [4.78, 5) is 21.0. The molecule has 3 heterocycles. The van der Waals surface area contributed by atoms with Crippen molar-refractivity contribution in [3.05, 3.63) is 42.6 Å². The number of carbonyl (C=O) groups excluding carboxylic acids is 1. The lowest BCUT2D eigenvalue weighted by Gasteiger charge is -2.22. The molecule has 1 fully saturated rings. The number of nitrogens with zero attached hydrogens (tertiary/aromatic N) is 4. The Bertz CT molecular complexity index is 1470. The lowest BCUT2D eigenvalue weighted by atomic mass is 10.2. The summed E-state index contributed by atoms with van der Waals surface area (Å²) in [6.07, 6.45) is 3.36. The third kappa shape index (κ3) is 4.00. The quantitative estimate of drug-likeness (QED) is 0.453. The average molecular weight is 483 g/mol. The molecule has 1 aliphatic rings. The van der Waals surface area contributed by atoms with Gasteiger partial charge < -0.3 is 10.1 Å². The van der Waals surface area contributed by atoms with Crippen LogP contribution in [0.1, 0.15) is 46.1 Å². The zero-order valence-electron chi connectivity index (χ0n) is 19.1. The molecule has 5 rings (SSSR count). The SMILES string of the molecule is CC(C)(C)OC(=O)NC1CCC(n2[nH]nc3c(S(=O)(=O)c4ccccc4)nc4nccc4c32)C1. The van der Waals surface area contributed by atoms with Gasteiger partial charge in [-0.05, 0) is 58.2 Å². The third-order valence-corrected chi connectivity index (χ3v) is 7.56. The van der Waals surface area contributed by atoms with E-state index in [1.54, 1.807) is 30.5 Å². The molecule has 1 amide bonds. The first-order chi connectivity index (χ1) is 16.1. The van der Waals surface area contributed by atoms with Crippen LogP contribution in [0.2, 0.25) is 0 Å². The highest BCUT2D eigenvalue weighted by atomic mass is 32.2. The van der Waals surface area contributed by atoms with Crippen molar-refractivity contribution in [3.8, 4) is 0 Å². The lowest BCUT2D eigenvalue weighted by molar-refractivity contribution is 0.0504. The first-order valence-corrected chi connectivity index (χ1v) is 12.6. The maximum atomic E-state index is 13.4.